The second-order valence-corrected chi connectivity index (χ2v) is 11.3. The molecule has 0 aromatic heterocycles. The number of fused-ring (bicyclic) bond motifs is 2. The minimum absolute atomic E-state index is 0.00436. The number of hydrogen-bond donors (Lipinski definition) is 0. The Bertz CT molecular complexity index is 1290. The molecular formula is C31H32Cl2N2O2. The molecule has 1 aliphatic heterocycles. The van der Waals surface area contributed by atoms with E-state index in [1.807, 2.05) is 67.7 Å². The molecule has 1 atom stereocenters. The molecule has 4 nitrogen and oxygen atoms in total. The van der Waals surface area contributed by atoms with Gasteiger partial charge in [-0.2, -0.15) is 0 Å². The average molecular weight is 536 g/mol. The number of nitrogens with zero attached hydrogens (tertiary/aromatic N) is 2. The first-order chi connectivity index (χ1) is 17.9. The fourth-order valence-corrected chi connectivity index (χ4v) is 6.33. The smallest absolute Gasteiger partial charge is 0.253 e. The first kappa shape index (κ1) is 26.0. The van der Waals surface area contributed by atoms with Crippen molar-refractivity contribution >= 4 is 34.9 Å². The Kier molecular flexibility index (Phi) is 7.71. The lowest BCUT2D eigenvalue weighted by Crippen LogP contribution is -2.42. The van der Waals surface area contributed by atoms with Crippen LogP contribution in [0.4, 0.5) is 0 Å². The van der Waals surface area contributed by atoms with Crippen LogP contribution < -0.4 is 0 Å². The highest BCUT2D eigenvalue weighted by atomic mass is 35.5. The molecule has 6 heteroatoms. The van der Waals surface area contributed by atoms with Gasteiger partial charge in [-0.1, -0.05) is 71.7 Å². The van der Waals surface area contributed by atoms with Crippen molar-refractivity contribution in [2.75, 3.05) is 33.2 Å². The average Bonchev–Trinajstić information content (AvgIpc) is 3.20. The summed E-state index contributed by atoms with van der Waals surface area (Å²) in [5, 5.41) is 1.07. The van der Waals surface area contributed by atoms with Gasteiger partial charge in [0.15, 0.2) is 5.78 Å². The summed E-state index contributed by atoms with van der Waals surface area (Å²) < 4.78 is 0. The number of rotatable bonds is 7. The first-order valence-electron chi connectivity index (χ1n) is 13.0. The number of carbonyl (C=O) groups is 2. The predicted octanol–water partition coefficient (Wildman–Crippen LogP) is 6.86. The van der Waals surface area contributed by atoms with Crippen LogP contribution in [0.25, 0.3) is 0 Å². The number of likely N-dealkylation sites (tertiary alicyclic amines) is 1. The molecule has 0 radical (unpaired) electrons. The maximum Gasteiger partial charge on any atom is 0.253 e. The molecule has 5 rings (SSSR count). The van der Waals surface area contributed by atoms with E-state index in [0.717, 1.165) is 50.0 Å². The van der Waals surface area contributed by atoms with Gasteiger partial charge in [-0.15, -0.1) is 0 Å². The van der Waals surface area contributed by atoms with E-state index in [1.54, 1.807) is 4.90 Å². The van der Waals surface area contributed by atoms with E-state index in [4.69, 9.17) is 23.2 Å². The monoisotopic (exact) mass is 534 g/mol. The Morgan fingerprint density at radius 3 is 2.41 bits per heavy atom. The van der Waals surface area contributed by atoms with E-state index < -0.39 is 0 Å². The molecule has 1 spiro atoms. The summed E-state index contributed by atoms with van der Waals surface area (Å²) in [6.45, 7) is 3.44. The number of benzene rings is 3. The van der Waals surface area contributed by atoms with Crippen molar-refractivity contribution in [3.8, 4) is 0 Å². The highest BCUT2D eigenvalue weighted by molar-refractivity contribution is 6.42. The zero-order valence-corrected chi connectivity index (χ0v) is 22.6. The number of likely N-dealkylation sites (N-methyl/N-ethyl adjacent to an activating group) is 1. The van der Waals surface area contributed by atoms with Crippen molar-refractivity contribution in [3.05, 3.63) is 105 Å². The topological polar surface area (TPSA) is 40.6 Å². The zero-order chi connectivity index (χ0) is 26.0. The maximum atomic E-state index is 13.1. The number of ketones is 1. The van der Waals surface area contributed by atoms with Gasteiger partial charge in [-0.05, 0) is 74.3 Å². The molecule has 2 aliphatic rings. The fourth-order valence-electron chi connectivity index (χ4n) is 6.02. The van der Waals surface area contributed by atoms with Crippen molar-refractivity contribution in [2.45, 2.75) is 37.0 Å². The Labute approximate surface area is 229 Å². The number of Topliss-reactive ketones (excluding diaryl/α,β-unsaturated/α-hetero) is 1. The van der Waals surface area contributed by atoms with Crippen molar-refractivity contribution in [3.63, 3.8) is 0 Å². The van der Waals surface area contributed by atoms with E-state index in [9.17, 15) is 9.59 Å². The second kappa shape index (κ2) is 11.0. The van der Waals surface area contributed by atoms with Gasteiger partial charge in [0.2, 0.25) is 0 Å². The van der Waals surface area contributed by atoms with Gasteiger partial charge < -0.3 is 9.80 Å². The normalized spacial score (nSPS) is 17.5. The van der Waals surface area contributed by atoms with Crippen molar-refractivity contribution < 1.29 is 9.59 Å². The predicted molar refractivity (Wildman–Crippen MR) is 150 cm³/mol. The molecule has 3 aromatic rings. The van der Waals surface area contributed by atoms with E-state index >= 15 is 0 Å². The molecule has 1 heterocycles. The van der Waals surface area contributed by atoms with Gasteiger partial charge >= 0.3 is 0 Å². The molecule has 0 saturated carbocycles. The summed E-state index contributed by atoms with van der Waals surface area (Å²) in [5.74, 6) is 0.419. The van der Waals surface area contributed by atoms with Crippen LogP contribution in [0.3, 0.4) is 0 Å². The minimum Gasteiger partial charge on any atom is -0.341 e. The van der Waals surface area contributed by atoms with E-state index in [2.05, 4.69) is 17.0 Å². The highest BCUT2D eigenvalue weighted by Crippen LogP contribution is 2.46. The largest absolute Gasteiger partial charge is 0.341 e. The lowest BCUT2D eigenvalue weighted by atomic mass is 9.73. The van der Waals surface area contributed by atoms with Gasteiger partial charge in [0, 0.05) is 42.5 Å². The van der Waals surface area contributed by atoms with E-state index in [-0.39, 0.29) is 23.0 Å². The fraction of sp³-hybridized carbons (Fsp3) is 0.355. The van der Waals surface area contributed by atoms with Gasteiger partial charge in [-0.3, -0.25) is 9.59 Å². The van der Waals surface area contributed by atoms with Crippen molar-refractivity contribution in [1.82, 2.24) is 9.80 Å². The van der Waals surface area contributed by atoms with Crippen LogP contribution in [0.1, 0.15) is 63.4 Å². The van der Waals surface area contributed by atoms with Crippen LogP contribution in [0, 0.1) is 0 Å². The molecule has 0 bridgehead atoms. The molecule has 1 saturated heterocycles. The lowest BCUT2D eigenvalue weighted by molar-refractivity contribution is 0.0778. The molecule has 192 valence electrons. The third-order valence-corrected chi connectivity index (χ3v) is 8.92. The Morgan fingerprint density at radius 2 is 1.68 bits per heavy atom. The van der Waals surface area contributed by atoms with Gasteiger partial charge in [0.1, 0.15) is 0 Å². The Balaban J connectivity index is 1.26. The number of halogens is 2. The molecule has 37 heavy (non-hydrogen) atoms. The molecule has 1 fully saturated rings. The third kappa shape index (κ3) is 5.47. The molecule has 3 aromatic carbocycles. The number of piperidine rings is 1. The van der Waals surface area contributed by atoms with Gasteiger partial charge in [-0.25, -0.2) is 0 Å². The minimum atomic E-state index is -0.00436. The van der Waals surface area contributed by atoms with Gasteiger partial charge in [0.25, 0.3) is 5.91 Å². The molecule has 1 aliphatic carbocycles. The van der Waals surface area contributed by atoms with E-state index in [0.29, 0.717) is 28.6 Å². The molecular weight excluding hydrogens is 503 g/mol. The molecule has 1 amide bonds. The SMILES string of the molecule is CN(C[C@@H](CCN1CCC2(CC1)CC(=O)c1ccccc12)c1ccc(Cl)c(Cl)c1)C(=O)c1ccccc1. The summed E-state index contributed by atoms with van der Waals surface area (Å²) in [6, 6.07) is 23.3. The zero-order valence-electron chi connectivity index (χ0n) is 21.1. The third-order valence-electron chi connectivity index (χ3n) is 8.18. The Hall–Kier alpha value is -2.66. The summed E-state index contributed by atoms with van der Waals surface area (Å²) in [4.78, 5) is 30.0. The highest BCUT2D eigenvalue weighted by Gasteiger charge is 2.44. The molecule has 0 unspecified atom stereocenters. The second-order valence-electron chi connectivity index (χ2n) is 10.5. The summed E-state index contributed by atoms with van der Waals surface area (Å²) in [6.07, 6.45) is 3.53. The van der Waals surface area contributed by atoms with E-state index in [1.165, 1.54) is 5.56 Å². The summed E-state index contributed by atoms with van der Waals surface area (Å²) in [7, 11) is 1.86. The maximum absolute atomic E-state index is 13.1. The van der Waals surface area contributed by atoms with Gasteiger partial charge in [0.05, 0.1) is 10.0 Å². The standard InChI is InChI=1S/C31H32Cl2N2O2/c1-34(30(37)22-7-3-2-4-8-22)21-24(23-11-12-27(32)28(33)19-23)13-16-35-17-14-31(15-18-35)20-29(36)25-9-5-6-10-26(25)31/h2-12,19,24H,13-18,20-21H2,1H3/t24-/m1/s1. The number of hydrogen-bond acceptors (Lipinski definition) is 3. The summed E-state index contributed by atoms with van der Waals surface area (Å²) in [5.41, 5.74) is 3.93. The van der Waals surface area contributed by atoms with Crippen LogP contribution in [0.15, 0.2) is 72.8 Å². The summed E-state index contributed by atoms with van der Waals surface area (Å²) >= 11 is 12.6. The van der Waals surface area contributed by atoms with Crippen LogP contribution in [-0.2, 0) is 5.41 Å². The first-order valence-corrected chi connectivity index (χ1v) is 13.7. The van der Waals surface area contributed by atoms with Crippen molar-refractivity contribution in [2.24, 2.45) is 0 Å². The van der Waals surface area contributed by atoms with Crippen molar-refractivity contribution in [1.29, 1.82) is 0 Å². The lowest BCUT2D eigenvalue weighted by Gasteiger charge is -2.40. The quantitative estimate of drug-likeness (QED) is 0.332. The molecule has 0 N–H and O–H groups in total. The van der Waals surface area contributed by atoms with Crippen LogP contribution >= 0.6 is 23.2 Å². The number of amides is 1. The van der Waals surface area contributed by atoms with Crippen LogP contribution in [-0.4, -0.2) is 54.7 Å². The number of carbonyl (C=O) groups excluding carboxylic acids is 2. The van der Waals surface area contributed by atoms with Crippen LogP contribution in [0.5, 0.6) is 0 Å². The van der Waals surface area contributed by atoms with Crippen LogP contribution in [0.2, 0.25) is 10.0 Å². The Morgan fingerprint density at radius 1 is 0.973 bits per heavy atom.